The van der Waals surface area contributed by atoms with Gasteiger partial charge in [-0.2, -0.15) is 0 Å². The molecule has 0 atom stereocenters. The van der Waals surface area contributed by atoms with Crippen molar-refractivity contribution in [3.63, 3.8) is 0 Å². The number of carbonyl (C=O) groups excluding carboxylic acids is 2. The van der Waals surface area contributed by atoms with Gasteiger partial charge in [-0.05, 0) is 36.4 Å². The Balaban J connectivity index is 1.75. The molecule has 26 heavy (non-hydrogen) atoms. The topological polar surface area (TPSA) is 93.2 Å². The maximum Gasteiger partial charge on any atom is 0.271 e. The van der Waals surface area contributed by atoms with Crippen LogP contribution in [0.3, 0.4) is 0 Å². The number of ketones is 1. The van der Waals surface area contributed by atoms with Gasteiger partial charge in [0.2, 0.25) is 0 Å². The first kappa shape index (κ1) is 18.6. The number of carbonyl (C=O) groups is 2. The van der Waals surface area contributed by atoms with E-state index in [1.165, 1.54) is 31.2 Å². The van der Waals surface area contributed by atoms with E-state index >= 15 is 0 Å². The summed E-state index contributed by atoms with van der Waals surface area (Å²) in [5, 5.41) is 0.642. The highest BCUT2D eigenvalue weighted by Gasteiger charge is 2.18. The summed E-state index contributed by atoms with van der Waals surface area (Å²) < 4.78 is 28.6. The minimum atomic E-state index is -3.72. The highest BCUT2D eigenvalue weighted by atomic mass is 32.2. The van der Waals surface area contributed by atoms with E-state index in [9.17, 15) is 18.0 Å². The molecule has 3 aromatic rings. The molecule has 0 spiro atoms. The molecular weight excluding hydrogens is 392 g/mol. The van der Waals surface area contributed by atoms with Crippen LogP contribution in [0.1, 0.15) is 17.3 Å². The zero-order valence-electron chi connectivity index (χ0n) is 13.6. The largest absolute Gasteiger partial charge is 0.293 e. The lowest BCUT2D eigenvalue weighted by Gasteiger charge is -2.07. The van der Waals surface area contributed by atoms with E-state index in [1.807, 2.05) is 0 Å². The third-order valence-electron chi connectivity index (χ3n) is 3.42. The number of aromatic nitrogens is 1. The SMILES string of the molecule is CC(=O)SCC(=O)c1ccc(NS(=O)(=O)c2cc3cnccc3s2)cc1. The maximum atomic E-state index is 12.5. The first-order valence-corrected chi connectivity index (χ1v) is 10.8. The van der Waals surface area contributed by atoms with Crippen molar-refractivity contribution in [1.82, 2.24) is 4.98 Å². The molecule has 1 N–H and O–H groups in total. The van der Waals surface area contributed by atoms with Crippen LogP contribution in [-0.2, 0) is 14.8 Å². The number of Topliss-reactive ketones (excluding diaryl/α,β-unsaturated/α-hetero) is 1. The molecule has 0 fully saturated rings. The molecule has 9 heteroatoms. The fourth-order valence-electron chi connectivity index (χ4n) is 2.17. The fraction of sp³-hybridized carbons (Fsp3) is 0.118. The summed E-state index contributed by atoms with van der Waals surface area (Å²) in [5.41, 5.74) is 0.783. The minimum Gasteiger partial charge on any atom is -0.293 e. The molecule has 0 bridgehead atoms. The summed E-state index contributed by atoms with van der Waals surface area (Å²) in [7, 11) is -3.72. The van der Waals surface area contributed by atoms with E-state index < -0.39 is 10.0 Å². The van der Waals surface area contributed by atoms with Crippen molar-refractivity contribution in [1.29, 1.82) is 0 Å². The summed E-state index contributed by atoms with van der Waals surface area (Å²) >= 11 is 2.11. The van der Waals surface area contributed by atoms with Gasteiger partial charge in [-0.25, -0.2) is 8.42 Å². The molecule has 0 saturated heterocycles. The Labute approximate surface area is 158 Å². The highest BCUT2D eigenvalue weighted by molar-refractivity contribution is 8.14. The van der Waals surface area contributed by atoms with Crippen LogP contribution in [0.15, 0.2) is 53.0 Å². The van der Waals surface area contributed by atoms with Crippen LogP contribution in [0.25, 0.3) is 10.1 Å². The summed E-state index contributed by atoms with van der Waals surface area (Å²) in [6.07, 6.45) is 3.23. The van der Waals surface area contributed by atoms with Gasteiger partial charge < -0.3 is 0 Å². The second kappa shape index (κ2) is 7.56. The number of pyridine rings is 1. The zero-order chi connectivity index (χ0) is 18.7. The quantitative estimate of drug-likeness (QED) is 0.629. The van der Waals surface area contributed by atoms with Crippen molar-refractivity contribution in [2.45, 2.75) is 11.1 Å². The summed E-state index contributed by atoms with van der Waals surface area (Å²) in [6, 6.07) is 9.46. The smallest absolute Gasteiger partial charge is 0.271 e. The number of thioether (sulfide) groups is 1. The van der Waals surface area contributed by atoms with Crippen LogP contribution >= 0.6 is 23.1 Å². The van der Waals surface area contributed by atoms with Crippen molar-refractivity contribution >= 4 is 59.8 Å². The third-order valence-corrected chi connectivity index (χ3v) is 7.21. The van der Waals surface area contributed by atoms with Crippen LogP contribution in [0.5, 0.6) is 0 Å². The third kappa shape index (κ3) is 4.29. The Morgan fingerprint density at radius 1 is 1.19 bits per heavy atom. The van der Waals surface area contributed by atoms with E-state index in [1.54, 1.807) is 24.5 Å². The molecule has 0 unspecified atom stereocenters. The summed E-state index contributed by atoms with van der Waals surface area (Å²) in [5.74, 6) is -0.118. The molecule has 0 amide bonds. The summed E-state index contributed by atoms with van der Waals surface area (Å²) in [4.78, 5) is 26.9. The van der Waals surface area contributed by atoms with E-state index in [2.05, 4.69) is 9.71 Å². The molecule has 2 aromatic heterocycles. The number of rotatable bonds is 6. The number of nitrogens with one attached hydrogen (secondary N) is 1. The number of nitrogens with zero attached hydrogens (tertiary/aromatic N) is 1. The van der Waals surface area contributed by atoms with Gasteiger partial charge in [0.25, 0.3) is 10.0 Å². The normalized spacial score (nSPS) is 11.4. The molecule has 3 rings (SSSR count). The molecule has 6 nitrogen and oxygen atoms in total. The average Bonchev–Trinajstić information content (AvgIpc) is 3.05. The molecule has 134 valence electrons. The van der Waals surface area contributed by atoms with Crippen molar-refractivity contribution in [3.8, 4) is 0 Å². The van der Waals surface area contributed by atoms with Gasteiger partial charge in [0.15, 0.2) is 10.9 Å². The number of thiophene rings is 1. The predicted molar refractivity (Wildman–Crippen MR) is 104 cm³/mol. The van der Waals surface area contributed by atoms with Crippen molar-refractivity contribution in [2.24, 2.45) is 0 Å². The van der Waals surface area contributed by atoms with Gasteiger partial charge in [-0.1, -0.05) is 11.8 Å². The zero-order valence-corrected chi connectivity index (χ0v) is 16.1. The van der Waals surface area contributed by atoms with Crippen LogP contribution in [0.4, 0.5) is 5.69 Å². The molecule has 2 heterocycles. The highest BCUT2D eigenvalue weighted by Crippen LogP contribution is 2.29. The Kier molecular flexibility index (Phi) is 5.40. The van der Waals surface area contributed by atoms with Crippen LogP contribution < -0.4 is 4.72 Å². The number of benzene rings is 1. The predicted octanol–water partition coefficient (Wildman–Crippen LogP) is 3.56. The van der Waals surface area contributed by atoms with E-state index in [0.717, 1.165) is 33.2 Å². The molecule has 0 aliphatic rings. The second-order valence-electron chi connectivity index (χ2n) is 5.37. The number of fused-ring (bicyclic) bond motifs is 1. The van der Waals surface area contributed by atoms with Crippen molar-refractivity contribution in [3.05, 3.63) is 54.4 Å². The molecule has 1 aromatic carbocycles. The van der Waals surface area contributed by atoms with Gasteiger partial charge in [-0.15, -0.1) is 11.3 Å². The molecule has 0 aliphatic carbocycles. The van der Waals surface area contributed by atoms with E-state index in [-0.39, 0.29) is 20.9 Å². The monoisotopic (exact) mass is 406 g/mol. The van der Waals surface area contributed by atoms with Crippen LogP contribution in [-0.4, -0.2) is 30.1 Å². The number of hydrogen-bond donors (Lipinski definition) is 1. The van der Waals surface area contributed by atoms with Gasteiger partial charge in [-0.3, -0.25) is 19.3 Å². The average molecular weight is 407 g/mol. The van der Waals surface area contributed by atoms with E-state index in [0.29, 0.717) is 11.3 Å². The fourth-order valence-corrected chi connectivity index (χ4v) is 5.10. The second-order valence-corrected chi connectivity index (χ2v) is 9.51. The Bertz CT molecular complexity index is 1040. The molecule has 0 radical (unpaired) electrons. The lowest BCUT2D eigenvalue weighted by atomic mass is 10.1. The van der Waals surface area contributed by atoms with Crippen LogP contribution in [0.2, 0.25) is 0 Å². The molecule has 0 saturated carbocycles. The Morgan fingerprint density at radius 3 is 2.58 bits per heavy atom. The van der Waals surface area contributed by atoms with Crippen LogP contribution in [0, 0.1) is 0 Å². The van der Waals surface area contributed by atoms with Crippen molar-refractivity contribution < 1.29 is 18.0 Å². The van der Waals surface area contributed by atoms with Gasteiger partial charge in [0.1, 0.15) is 4.21 Å². The van der Waals surface area contributed by atoms with Gasteiger partial charge in [0, 0.05) is 40.7 Å². The Hall–Kier alpha value is -2.23. The number of sulfonamides is 1. The minimum absolute atomic E-state index is 0.0657. The Morgan fingerprint density at radius 2 is 1.92 bits per heavy atom. The number of anilines is 1. The lowest BCUT2D eigenvalue weighted by molar-refractivity contribution is -0.109. The molecular formula is C17H14N2O4S3. The molecule has 0 aliphatic heterocycles. The standard InChI is InChI=1S/C17H14N2O4S3/c1-11(20)24-10-15(21)12-2-4-14(5-3-12)19-26(22,23)17-8-13-9-18-7-6-16(13)25-17/h2-9,19H,10H2,1H3. The van der Waals surface area contributed by atoms with Gasteiger partial charge in [0.05, 0.1) is 5.75 Å². The van der Waals surface area contributed by atoms with Crippen molar-refractivity contribution in [2.75, 3.05) is 10.5 Å². The number of hydrogen-bond acceptors (Lipinski definition) is 7. The summed E-state index contributed by atoms with van der Waals surface area (Å²) in [6.45, 7) is 1.40. The van der Waals surface area contributed by atoms with Gasteiger partial charge >= 0.3 is 0 Å². The lowest BCUT2D eigenvalue weighted by Crippen LogP contribution is -2.11. The maximum absolute atomic E-state index is 12.5. The first-order valence-electron chi connectivity index (χ1n) is 7.48. The first-order chi connectivity index (χ1) is 12.3. The van der Waals surface area contributed by atoms with E-state index in [4.69, 9.17) is 0 Å².